The van der Waals surface area contributed by atoms with Crippen LogP contribution in [0.5, 0.6) is 0 Å². The summed E-state index contributed by atoms with van der Waals surface area (Å²) < 4.78 is 0. The molecule has 0 heteroatoms. The number of terminal acetylenes is 1. The van der Waals surface area contributed by atoms with Crippen LogP contribution in [0.15, 0.2) is 24.3 Å². The molecule has 0 aliphatic carbocycles. The van der Waals surface area contributed by atoms with Crippen molar-refractivity contribution >= 4 is 0 Å². The van der Waals surface area contributed by atoms with Crippen LogP contribution in [0.25, 0.3) is 0 Å². The first-order chi connectivity index (χ1) is 8.77. The largest absolute Gasteiger partial charge is 0.120 e. The summed E-state index contributed by atoms with van der Waals surface area (Å²) in [6, 6.07) is 9.01. The van der Waals surface area contributed by atoms with Gasteiger partial charge in [0.05, 0.1) is 0 Å². The average Bonchev–Trinajstić information content (AvgIpc) is 2.39. The van der Waals surface area contributed by atoms with E-state index in [9.17, 15) is 0 Å². The third-order valence-corrected chi connectivity index (χ3v) is 3.54. The van der Waals surface area contributed by atoms with Crippen molar-refractivity contribution in [2.75, 3.05) is 0 Å². The molecule has 0 saturated heterocycles. The molecule has 1 atom stereocenters. The van der Waals surface area contributed by atoms with Gasteiger partial charge in [-0.05, 0) is 29.9 Å². The fourth-order valence-corrected chi connectivity index (χ4v) is 2.24. The fraction of sp³-hybridized carbons (Fsp3) is 0.556. The van der Waals surface area contributed by atoms with Crippen molar-refractivity contribution in [2.24, 2.45) is 0 Å². The summed E-state index contributed by atoms with van der Waals surface area (Å²) >= 11 is 0. The zero-order valence-corrected chi connectivity index (χ0v) is 11.9. The molecule has 0 aromatic heterocycles. The number of aryl methyl sites for hydroxylation is 1. The fourth-order valence-electron chi connectivity index (χ4n) is 2.24. The first-order valence-electron chi connectivity index (χ1n) is 7.30. The van der Waals surface area contributed by atoms with E-state index in [1.807, 2.05) is 0 Å². The van der Waals surface area contributed by atoms with Gasteiger partial charge in [0.15, 0.2) is 0 Å². The van der Waals surface area contributed by atoms with Crippen LogP contribution in [0.4, 0.5) is 0 Å². The van der Waals surface area contributed by atoms with E-state index in [-0.39, 0.29) is 0 Å². The van der Waals surface area contributed by atoms with Crippen LogP contribution < -0.4 is 0 Å². The molecule has 0 radical (unpaired) electrons. The Balaban J connectivity index is 2.34. The highest BCUT2D eigenvalue weighted by Crippen LogP contribution is 2.19. The first kappa shape index (κ1) is 14.8. The van der Waals surface area contributed by atoms with E-state index in [4.69, 9.17) is 6.42 Å². The smallest absolute Gasteiger partial charge is 0.0152 e. The zero-order chi connectivity index (χ0) is 13.2. The van der Waals surface area contributed by atoms with Gasteiger partial charge in [-0.2, -0.15) is 0 Å². The van der Waals surface area contributed by atoms with Crippen molar-refractivity contribution < 1.29 is 0 Å². The van der Waals surface area contributed by atoms with Gasteiger partial charge in [-0.25, -0.2) is 0 Å². The Morgan fingerprint density at radius 1 is 1.06 bits per heavy atom. The lowest BCUT2D eigenvalue weighted by molar-refractivity contribution is 0.632. The van der Waals surface area contributed by atoms with Crippen LogP contribution in [0.3, 0.4) is 0 Å². The third kappa shape index (κ3) is 5.41. The van der Waals surface area contributed by atoms with Gasteiger partial charge in [-0.1, -0.05) is 63.8 Å². The number of benzene rings is 1. The van der Waals surface area contributed by atoms with Crippen LogP contribution in [-0.4, -0.2) is 0 Å². The molecule has 0 amide bonds. The molecule has 0 nitrogen and oxygen atoms in total. The van der Waals surface area contributed by atoms with Crippen molar-refractivity contribution in [2.45, 2.75) is 64.7 Å². The SMILES string of the molecule is C#CCC(C)c1ccc(CCCCCCC)cc1. The van der Waals surface area contributed by atoms with Gasteiger partial charge >= 0.3 is 0 Å². The molecule has 0 spiro atoms. The van der Waals surface area contributed by atoms with Crippen LogP contribution >= 0.6 is 0 Å². The molecule has 0 N–H and O–H groups in total. The Morgan fingerprint density at radius 3 is 2.33 bits per heavy atom. The van der Waals surface area contributed by atoms with E-state index in [0.29, 0.717) is 5.92 Å². The van der Waals surface area contributed by atoms with E-state index in [2.05, 4.69) is 44.0 Å². The minimum Gasteiger partial charge on any atom is -0.120 e. The summed E-state index contributed by atoms with van der Waals surface area (Å²) in [7, 11) is 0. The van der Waals surface area contributed by atoms with Gasteiger partial charge in [0, 0.05) is 6.42 Å². The van der Waals surface area contributed by atoms with Gasteiger partial charge in [-0.3, -0.25) is 0 Å². The molecule has 18 heavy (non-hydrogen) atoms. The van der Waals surface area contributed by atoms with Gasteiger partial charge in [0.2, 0.25) is 0 Å². The number of unbranched alkanes of at least 4 members (excludes halogenated alkanes) is 4. The second kappa shape index (κ2) is 8.81. The van der Waals surface area contributed by atoms with Gasteiger partial charge in [0.1, 0.15) is 0 Å². The molecule has 1 rings (SSSR count). The third-order valence-electron chi connectivity index (χ3n) is 3.54. The van der Waals surface area contributed by atoms with Gasteiger partial charge < -0.3 is 0 Å². The summed E-state index contributed by atoms with van der Waals surface area (Å²) in [5.41, 5.74) is 2.82. The highest BCUT2D eigenvalue weighted by molar-refractivity contribution is 5.25. The summed E-state index contributed by atoms with van der Waals surface area (Å²) in [4.78, 5) is 0. The maximum Gasteiger partial charge on any atom is 0.0152 e. The van der Waals surface area contributed by atoms with Crippen molar-refractivity contribution in [3.63, 3.8) is 0 Å². The average molecular weight is 242 g/mol. The molecule has 0 bridgehead atoms. The summed E-state index contributed by atoms with van der Waals surface area (Å²) in [5.74, 6) is 3.21. The molecule has 98 valence electrons. The molecule has 1 aromatic rings. The van der Waals surface area contributed by atoms with Crippen LogP contribution in [-0.2, 0) is 6.42 Å². The maximum absolute atomic E-state index is 5.35. The molecule has 0 fully saturated rings. The minimum atomic E-state index is 0.480. The minimum absolute atomic E-state index is 0.480. The second-order valence-corrected chi connectivity index (χ2v) is 5.22. The highest BCUT2D eigenvalue weighted by atomic mass is 14.1. The van der Waals surface area contributed by atoms with Crippen molar-refractivity contribution in [1.29, 1.82) is 0 Å². The summed E-state index contributed by atoms with van der Waals surface area (Å²) in [5, 5.41) is 0. The van der Waals surface area contributed by atoms with Crippen molar-refractivity contribution in [3.8, 4) is 12.3 Å². The van der Waals surface area contributed by atoms with Crippen molar-refractivity contribution in [1.82, 2.24) is 0 Å². The molecule has 0 aliphatic rings. The molecule has 1 aromatic carbocycles. The number of hydrogen-bond acceptors (Lipinski definition) is 0. The predicted octanol–water partition coefficient (Wildman–Crippen LogP) is 5.33. The number of hydrogen-bond donors (Lipinski definition) is 0. The monoisotopic (exact) mass is 242 g/mol. The standard InChI is InChI=1S/C18H26/c1-4-6-7-8-9-11-17-12-14-18(15-13-17)16(3)10-5-2/h2,12-16H,4,6-11H2,1,3H3. The highest BCUT2D eigenvalue weighted by Gasteiger charge is 2.03. The van der Waals surface area contributed by atoms with E-state index < -0.39 is 0 Å². The quantitative estimate of drug-likeness (QED) is 0.427. The van der Waals surface area contributed by atoms with E-state index in [0.717, 1.165) is 6.42 Å². The van der Waals surface area contributed by atoms with Crippen LogP contribution in [0.1, 0.15) is 69.4 Å². The Kier molecular flexibility index (Phi) is 7.26. The second-order valence-electron chi connectivity index (χ2n) is 5.22. The lowest BCUT2D eigenvalue weighted by atomic mass is 9.96. The summed E-state index contributed by atoms with van der Waals surface area (Å²) in [6.45, 7) is 4.45. The Hall–Kier alpha value is -1.22. The maximum atomic E-state index is 5.35. The normalized spacial score (nSPS) is 12.1. The van der Waals surface area contributed by atoms with E-state index >= 15 is 0 Å². The van der Waals surface area contributed by atoms with Gasteiger partial charge in [-0.15, -0.1) is 12.3 Å². The molecule has 0 aliphatic heterocycles. The zero-order valence-electron chi connectivity index (χ0n) is 11.9. The topological polar surface area (TPSA) is 0 Å². The lowest BCUT2D eigenvalue weighted by Crippen LogP contribution is -1.93. The lowest BCUT2D eigenvalue weighted by Gasteiger charge is -2.09. The molecule has 1 unspecified atom stereocenters. The molecule has 0 saturated carbocycles. The number of rotatable bonds is 8. The molecule has 0 heterocycles. The van der Waals surface area contributed by atoms with Crippen LogP contribution in [0, 0.1) is 12.3 Å². The Labute approximate surface area is 113 Å². The Bertz CT molecular complexity index is 353. The molecular weight excluding hydrogens is 216 g/mol. The Morgan fingerprint density at radius 2 is 1.72 bits per heavy atom. The van der Waals surface area contributed by atoms with E-state index in [1.165, 1.54) is 49.7 Å². The summed E-state index contributed by atoms with van der Waals surface area (Å²) in [6.07, 6.45) is 14.2. The van der Waals surface area contributed by atoms with E-state index in [1.54, 1.807) is 0 Å². The van der Waals surface area contributed by atoms with Gasteiger partial charge in [0.25, 0.3) is 0 Å². The van der Waals surface area contributed by atoms with Crippen LogP contribution in [0.2, 0.25) is 0 Å². The van der Waals surface area contributed by atoms with Crippen molar-refractivity contribution in [3.05, 3.63) is 35.4 Å². The predicted molar refractivity (Wildman–Crippen MR) is 80.8 cm³/mol. The molecular formula is C18H26. The first-order valence-corrected chi connectivity index (χ1v) is 7.30.